The normalized spacial score (nSPS) is 12.6. The monoisotopic (exact) mass is 336 g/mol. The quantitative estimate of drug-likeness (QED) is 0.681. The molecule has 0 N–H and O–H groups in total. The van der Waals surface area contributed by atoms with E-state index in [0.717, 1.165) is 46.5 Å². The van der Waals surface area contributed by atoms with Gasteiger partial charge >= 0.3 is 5.97 Å². The summed E-state index contributed by atoms with van der Waals surface area (Å²) in [7, 11) is 0. The first-order valence-corrected chi connectivity index (χ1v) is 8.57. The van der Waals surface area contributed by atoms with Gasteiger partial charge in [0, 0.05) is 23.4 Å². The van der Waals surface area contributed by atoms with E-state index in [9.17, 15) is 4.79 Å². The number of rotatable bonds is 4. The van der Waals surface area contributed by atoms with Crippen molar-refractivity contribution in [1.29, 1.82) is 0 Å². The van der Waals surface area contributed by atoms with Crippen LogP contribution in [0.4, 0.5) is 0 Å². The maximum absolute atomic E-state index is 12.7. The highest BCUT2D eigenvalue weighted by atomic mass is 16.5. The molecule has 2 heterocycles. The molecular formula is C20H20N2O3. The van der Waals surface area contributed by atoms with E-state index in [-0.39, 0.29) is 5.97 Å². The number of esters is 1. The van der Waals surface area contributed by atoms with E-state index in [1.807, 2.05) is 32.0 Å². The minimum Gasteiger partial charge on any atom is -0.461 e. The Balaban J connectivity index is 1.89. The third-order valence-corrected chi connectivity index (χ3v) is 4.79. The largest absolute Gasteiger partial charge is 0.461 e. The van der Waals surface area contributed by atoms with E-state index in [1.165, 1.54) is 0 Å². The minimum atomic E-state index is -0.272. The smallest absolute Gasteiger partial charge is 0.355 e. The molecule has 128 valence electrons. The van der Waals surface area contributed by atoms with E-state index in [2.05, 4.69) is 21.9 Å². The van der Waals surface area contributed by atoms with Crippen LogP contribution in [-0.2, 0) is 24.1 Å². The Morgan fingerprint density at radius 3 is 2.84 bits per heavy atom. The zero-order valence-electron chi connectivity index (χ0n) is 14.4. The van der Waals surface area contributed by atoms with Gasteiger partial charge in [0.1, 0.15) is 5.69 Å². The van der Waals surface area contributed by atoms with Gasteiger partial charge in [-0.15, -0.1) is 0 Å². The number of benzene rings is 1. The fraction of sp³-hybridized carbons (Fsp3) is 0.300. The van der Waals surface area contributed by atoms with E-state index in [4.69, 9.17) is 9.26 Å². The Bertz CT molecular complexity index is 922. The molecule has 0 spiro atoms. The summed E-state index contributed by atoms with van der Waals surface area (Å²) >= 11 is 0. The zero-order valence-corrected chi connectivity index (χ0v) is 14.4. The van der Waals surface area contributed by atoms with Crippen molar-refractivity contribution in [3.63, 3.8) is 0 Å². The number of ether oxygens (including phenoxy) is 1. The molecule has 1 aliphatic rings. The average molecular weight is 336 g/mol. The molecule has 0 saturated heterocycles. The molecule has 1 aromatic carbocycles. The summed E-state index contributed by atoms with van der Waals surface area (Å²) in [6.07, 6.45) is 3.39. The first-order chi connectivity index (χ1) is 12.2. The molecule has 0 radical (unpaired) electrons. The highest BCUT2D eigenvalue weighted by Crippen LogP contribution is 2.40. The Morgan fingerprint density at radius 1 is 1.28 bits per heavy atom. The van der Waals surface area contributed by atoms with Crippen LogP contribution < -0.4 is 0 Å². The molecule has 25 heavy (non-hydrogen) atoms. The molecule has 3 aromatic rings. The van der Waals surface area contributed by atoms with Gasteiger partial charge in [0.2, 0.25) is 0 Å². The van der Waals surface area contributed by atoms with Gasteiger partial charge < -0.3 is 13.8 Å². The summed E-state index contributed by atoms with van der Waals surface area (Å²) in [5.41, 5.74) is 5.90. The number of aromatic nitrogens is 2. The van der Waals surface area contributed by atoms with E-state index in [0.29, 0.717) is 18.8 Å². The van der Waals surface area contributed by atoms with Crippen LogP contribution in [0.15, 0.2) is 41.1 Å². The van der Waals surface area contributed by atoms with Crippen LogP contribution >= 0.6 is 0 Å². The number of hydrogen-bond acceptors (Lipinski definition) is 4. The van der Waals surface area contributed by atoms with Gasteiger partial charge in [0.15, 0.2) is 5.76 Å². The number of carbonyl (C=O) groups is 1. The lowest BCUT2D eigenvalue weighted by Gasteiger charge is -2.13. The summed E-state index contributed by atoms with van der Waals surface area (Å²) in [6, 6.07) is 10.1. The second-order valence-corrected chi connectivity index (χ2v) is 6.26. The number of hydrogen-bond donors (Lipinski definition) is 0. The second kappa shape index (κ2) is 6.24. The lowest BCUT2D eigenvalue weighted by Crippen LogP contribution is -2.16. The van der Waals surface area contributed by atoms with Crippen LogP contribution in [0.3, 0.4) is 0 Å². The molecule has 0 saturated carbocycles. The summed E-state index contributed by atoms with van der Waals surface area (Å²) in [5, 5.41) is 3.95. The Labute approximate surface area is 146 Å². The van der Waals surface area contributed by atoms with Crippen molar-refractivity contribution in [2.24, 2.45) is 0 Å². The van der Waals surface area contributed by atoms with Gasteiger partial charge in [-0.25, -0.2) is 4.79 Å². The molecule has 0 unspecified atom stereocenters. The fourth-order valence-electron chi connectivity index (χ4n) is 3.65. The molecule has 1 aliphatic carbocycles. The van der Waals surface area contributed by atoms with E-state index in [1.54, 1.807) is 6.20 Å². The lowest BCUT2D eigenvalue weighted by atomic mass is 9.91. The van der Waals surface area contributed by atoms with Crippen molar-refractivity contribution in [3.05, 3.63) is 64.6 Å². The topological polar surface area (TPSA) is 57.3 Å². The highest BCUT2D eigenvalue weighted by Gasteiger charge is 2.32. The maximum Gasteiger partial charge on any atom is 0.355 e. The van der Waals surface area contributed by atoms with Crippen molar-refractivity contribution in [1.82, 2.24) is 9.72 Å². The fourth-order valence-corrected chi connectivity index (χ4v) is 3.65. The van der Waals surface area contributed by atoms with Crippen LogP contribution in [0.1, 0.15) is 39.8 Å². The van der Waals surface area contributed by atoms with Crippen molar-refractivity contribution in [3.8, 4) is 11.3 Å². The number of aryl methyl sites for hydroxylation is 1. The van der Waals surface area contributed by atoms with Crippen molar-refractivity contribution >= 4 is 5.97 Å². The van der Waals surface area contributed by atoms with Crippen LogP contribution in [0, 0.1) is 6.92 Å². The number of fused-ring (bicyclic) bond motifs is 3. The summed E-state index contributed by atoms with van der Waals surface area (Å²) in [5.74, 6) is 0.516. The van der Waals surface area contributed by atoms with Crippen molar-refractivity contribution < 1.29 is 14.1 Å². The van der Waals surface area contributed by atoms with Gasteiger partial charge in [-0.2, -0.15) is 0 Å². The Kier molecular flexibility index (Phi) is 3.92. The Hall–Kier alpha value is -2.82. The van der Waals surface area contributed by atoms with Crippen LogP contribution in [-0.4, -0.2) is 22.3 Å². The predicted octanol–water partition coefficient (Wildman–Crippen LogP) is 3.78. The Morgan fingerprint density at radius 2 is 2.08 bits per heavy atom. The molecule has 0 amide bonds. The first kappa shape index (κ1) is 15.7. The zero-order chi connectivity index (χ0) is 17.4. The minimum absolute atomic E-state index is 0.272. The van der Waals surface area contributed by atoms with Crippen LogP contribution in [0.2, 0.25) is 0 Å². The van der Waals surface area contributed by atoms with Crippen LogP contribution in [0.25, 0.3) is 11.3 Å². The van der Waals surface area contributed by atoms with Gasteiger partial charge in [-0.3, -0.25) is 0 Å². The molecular weight excluding hydrogens is 316 g/mol. The van der Waals surface area contributed by atoms with Gasteiger partial charge in [0.25, 0.3) is 0 Å². The average Bonchev–Trinajstić information content (AvgIpc) is 3.19. The standard InChI is InChI=1S/C20H20N2O3/c1-3-24-20(23)18-16-10-9-15-11-21-25-19(15)17(16)13(2)22(18)12-14-7-5-4-6-8-14/h4-8,11H,3,9-10,12H2,1-2H3. The molecule has 5 heteroatoms. The van der Waals surface area contributed by atoms with E-state index >= 15 is 0 Å². The molecule has 0 aliphatic heterocycles. The molecule has 0 fully saturated rings. The highest BCUT2D eigenvalue weighted by molar-refractivity contribution is 5.94. The maximum atomic E-state index is 12.7. The number of nitrogens with zero attached hydrogens (tertiary/aromatic N) is 2. The molecule has 0 bridgehead atoms. The SMILES string of the molecule is CCOC(=O)c1c2c(c(C)n1Cc1ccccc1)-c1oncc1CC2. The van der Waals surface area contributed by atoms with Crippen molar-refractivity contribution in [2.45, 2.75) is 33.2 Å². The van der Waals surface area contributed by atoms with E-state index < -0.39 is 0 Å². The predicted molar refractivity (Wildman–Crippen MR) is 93.6 cm³/mol. The summed E-state index contributed by atoms with van der Waals surface area (Å²) in [4.78, 5) is 12.7. The second-order valence-electron chi connectivity index (χ2n) is 6.26. The van der Waals surface area contributed by atoms with Crippen LogP contribution in [0.5, 0.6) is 0 Å². The van der Waals surface area contributed by atoms with Gasteiger partial charge in [-0.05, 0) is 37.8 Å². The van der Waals surface area contributed by atoms with Gasteiger partial charge in [-0.1, -0.05) is 35.5 Å². The van der Waals surface area contributed by atoms with Gasteiger partial charge in [0.05, 0.1) is 12.8 Å². The molecule has 2 aromatic heterocycles. The number of carbonyl (C=O) groups excluding carboxylic acids is 1. The third kappa shape index (κ3) is 2.56. The molecule has 0 atom stereocenters. The molecule has 4 rings (SSSR count). The first-order valence-electron chi connectivity index (χ1n) is 8.57. The lowest BCUT2D eigenvalue weighted by molar-refractivity contribution is 0.0512. The van der Waals surface area contributed by atoms with Crippen molar-refractivity contribution in [2.75, 3.05) is 6.61 Å². The molecule has 5 nitrogen and oxygen atoms in total. The summed E-state index contributed by atoms with van der Waals surface area (Å²) in [6.45, 7) is 4.84. The summed E-state index contributed by atoms with van der Waals surface area (Å²) < 4.78 is 12.9. The third-order valence-electron chi connectivity index (χ3n) is 4.79.